The third-order valence-corrected chi connectivity index (χ3v) is 7.66. The molecule has 0 aliphatic carbocycles. The minimum Gasteiger partial charge on any atom is -0.486 e. The van der Waals surface area contributed by atoms with E-state index < -0.39 is 21.9 Å². The first-order valence-corrected chi connectivity index (χ1v) is 12.4. The average Bonchev–Trinajstić information content (AvgIpc) is 3.37. The number of fused-ring (bicyclic) bond motifs is 1. The summed E-state index contributed by atoms with van der Waals surface area (Å²) in [5, 5.41) is 7.89. The zero-order valence-corrected chi connectivity index (χ0v) is 19.1. The fraction of sp³-hybridized carbons (Fsp3) is 0.348. The first-order chi connectivity index (χ1) is 16.5. The number of nitrogens with zero attached hydrogens (tertiary/aromatic N) is 3. The van der Waals surface area contributed by atoms with Crippen LogP contribution in [0.25, 0.3) is 11.5 Å². The third-order valence-electron chi connectivity index (χ3n) is 5.76. The normalized spacial score (nSPS) is 16.8. The molecule has 0 radical (unpaired) electrons. The van der Waals surface area contributed by atoms with Crippen LogP contribution in [0.5, 0.6) is 11.5 Å². The molecule has 11 heteroatoms. The molecule has 0 spiro atoms. The molecular formula is C23H23N3O7S. The Balaban J connectivity index is 1.15. The van der Waals surface area contributed by atoms with E-state index in [2.05, 4.69) is 10.2 Å². The molecular weight excluding hydrogens is 462 g/mol. The predicted molar refractivity (Wildman–Crippen MR) is 118 cm³/mol. The summed E-state index contributed by atoms with van der Waals surface area (Å²) in [6, 6.07) is 13.9. The van der Waals surface area contributed by atoms with Gasteiger partial charge in [0.25, 0.3) is 5.89 Å². The number of ether oxygens (including phenoxy) is 3. The SMILES string of the molecule is O=C(OCc1nnc(-c2ccccc2)o1)C1CCN(S(=O)(=O)c2ccc3c(c2)OCCO3)CC1. The van der Waals surface area contributed by atoms with Crippen LogP contribution in [0, 0.1) is 5.92 Å². The Hall–Kier alpha value is -3.44. The summed E-state index contributed by atoms with van der Waals surface area (Å²) in [6.45, 7) is 1.11. The number of aromatic nitrogens is 2. The van der Waals surface area contributed by atoms with Crippen LogP contribution in [0.1, 0.15) is 18.7 Å². The van der Waals surface area contributed by atoms with E-state index in [1.165, 1.54) is 16.4 Å². The second kappa shape index (κ2) is 9.43. The maximum atomic E-state index is 13.1. The second-order valence-electron chi connectivity index (χ2n) is 7.96. The fourth-order valence-electron chi connectivity index (χ4n) is 3.93. The lowest BCUT2D eigenvalue weighted by molar-refractivity contribution is -0.151. The van der Waals surface area contributed by atoms with Crippen molar-refractivity contribution >= 4 is 16.0 Å². The molecule has 3 aromatic rings. The molecule has 5 rings (SSSR count). The van der Waals surface area contributed by atoms with Crippen LogP contribution in [0.15, 0.2) is 57.8 Å². The Bertz CT molecular complexity index is 1270. The van der Waals surface area contributed by atoms with Gasteiger partial charge in [0.05, 0.1) is 10.8 Å². The van der Waals surface area contributed by atoms with Crippen LogP contribution < -0.4 is 9.47 Å². The molecule has 34 heavy (non-hydrogen) atoms. The highest BCUT2D eigenvalue weighted by Crippen LogP contribution is 2.34. The molecule has 0 N–H and O–H groups in total. The summed E-state index contributed by atoms with van der Waals surface area (Å²) in [7, 11) is -3.71. The van der Waals surface area contributed by atoms with E-state index in [9.17, 15) is 13.2 Å². The van der Waals surface area contributed by atoms with E-state index in [0.29, 0.717) is 43.4 Å². The maximum Gasteiger partial charge on any atom is 0.309 e. The molecule has 0 bridgehead atoms. The Morgan fingerprint density at radius 3 is 2.50 bits per heavy atom. The monoisotopic (exact) mass is 485 g/mol. The number of hydrogen-bond acceptors (Lipinski definition) is 9. The number of esters is 1. The highest BCUT2D eigenvalue weighted by Gasteiger charge is 2.33. The molecule has 1 fully saturated rings. The van der Waals surface area contributed by atoms with Gasteiger partial charge in [0, 0.05) is 24.7 Å². The van der Waals surface area contributed by atoms with Crippen molar-refractivity contribution in [2.45, 2.75) is 24.3 Å². The zero-order chi connectivity index (χ0) is 23.5. The predicted octanol–water partition coefficient (Wildman–Crippen LogP) is 2.65. The summed E-state index contributed by atoms with van der Waals surface area (Å²) in [5.74, 6) is 0.695. The summed E-state index contributed by atoms with van der Waals surface area (Å²) < 4.78 is 49.4. The van der Waals surface area contributed by atoms with E-state index >= 15 is 0 Å². The van der Waals surface area contributed by atoms with Crippen molar-refractivity contribution in [3.8, 4) is 23.0 Å². The van der Waals surface area contributed by atoms with Gasteiger partial charge >= 0.3 is 5.97 Å². The molecule has 0 saturated carbocycles. The van der Waals surface area contributed by atoms with Crippen LogP contribution in [-0.2, 0) is 26.2 Å². The summed E-state index contributed by atoms with van der Waals surface area (Å²) in [4.78, 5) is 12.7. The number of piperidine rings is 1. The topological polar surface area (TPSA) is 121 Å². The molecule has 1 saturated heterocycles. The van der Waals surface area contributed by atoms with Gasteiger partial charge < -0.3 is 18.6 Å². The largest absolute Gasteiger partial charge is 0.486 e. The van der Waals surface area contributed by atoms with Gasteiger partial charge in [-0.2, -0.15) is 4.31 Å². The van der Waals surface area contributed by atoms with Crippen molar-refractivity contribution in [1.29, 1.82) is 0 Å². The van der Waals surface area contributed by atoms with E-state index in [0.717, 1.165) is 5.56 Å². The van der Waals surface area contributed by atoms with Gasteiger partial charge in [-0.05, 0) is 37.1 Å². The molecule has 10 nitrogen and oxygen atoms in total. The number of rotatable bonds is 6. The van der Waals surface area contributed by atoms with Gasteiger partial charge in [-0.25, -0.2) is 8.42 Å². The van der Waals surface area contributed by atoms with E-state index in [4.69, 9.17) is 18.6 Å². The lowest BCUT2D eigenvalue weighted by atomic mass is 9.98. The van der Waals surface area contributed by atoms with Crippen molar-refractivity contribution in [2.24, 2.45) is 5.92 Å². The van der Waals surface area contributed by atoms with Crippen LogP contribution in [-0.4, -0.2) is 55.2 Å². The molecule has 3 heterocycles. The second-order valence-corrected chi connectivity index (χ2v) is 9.90. The summed E-state index contributed by atoms with van der Waals surface area (Å²) in [6.07, 6.45) is 0.726. The zero-order valence-electron chi connectivity index (χ0n) is 18.3. The maximum absolute atomic E-state index is 13.1. The van der Waals surface area contributed by atoms with E-state index in [1.54, 1.807) is 6.07 Å². The lowest BCUT2D eigenvalue weighted by Gasteiger charge is -2.30. The summed E-state index contributed by atoms with van der Waals surface area (Å²) in [5.41, 5.74) is 0.777. The molecule has 0 unspecified atom stereocenters. The van der Waals surface area contributed by atoms with Crippen LogP contribution in [0.2, 0.25) is 0 Å². The van der Waals surface area contributed by atoms with Crippen LogP contribution in [0.3, 0.4) is 0 Å². The number of hydrogen-bond donors (Lipinski definition) is 0. The molecule has 2 aliphatic heterocycles. The molecule has 2 aromatic carbocycles. The first kappa shape index (κ1) is 22.4. The van der Waals surface area contributed by atoms with Gasteiger partial charge in [-0.3, -0.25) is 4.79 Å². The van der Waals surface area contributed by atoms with E-state index in [-0.39, 0.29) is 30.5 Å². The number of carbonyl (C=O) groups is 1. The van der Waals surface area contributed by atoms with E-state index in [1.807, 2.05) is 30.3 Å². The highest BCUT2D eigenvalue weighted by molar-refractivity contribution is 7.89. The number of sulfonamides is 1. The van der Waals surface area contributed by atoms with Crippen molar-refractivity contribution in [1.82, 2.24) is 14.5 Å². The minimum absolute atomic E-state index is 0.131. The van der Waals surface area contributed by atoms with Crippen LogP contribution in [0.4, 0.5) is 0 Å². The van der Waals surface area contributed by atoms with Gasteiger partial charge in [0.15, 0.2) is 18.1 Å². The number of benzene rings is 2. The van der Waals surface area contributed by atoms with Crippen molar-refractivity contribution in [3.63, 3.8) is 0 Å². The minimum atomic E-state index is -3.71. The Kier molecular flexibility index (Phi) is 6.20. The highest BCUT2D eigenvalue weighted by atomic mass is 32.2. The first-order valence-electron chi connectivity index (χ1n) is 10.9. The quantitative estimate of drug-likeness (QED) is 0.485. The molecule has 178 valence electrons. The number of carbonyl (C=O) groups excluding carboxylic acids is 1. The van der Waals surface area contributed by atoms with Gasteiger partial charge in [-0.1, -0.05) is 18.2 Å². The van der Waals surface area contributed by atoms with Gasteiger partial charge in [-0.15, -0.1) is 10.2 Å². The Labute approximate surface area is 196 Å². The van der Waals surface area contributed by atoms with Crippen LogP contribution >= 0.6 is 0 Å². The standard InChI is InChI=1S/C23H23N3O7S/c27-23(32-15-21-24-25-22(33-21)16-4-2-1-3-5-16)17-8-10-26(11-9-17)34(28,29)18-6-7-19-20(14-18)31-13-12-30-19/h1-7,14,17H,8-13,15H2. The van der Waals surface area contributed by atoms with Gasteiger partial charge in [0.2, 0.25) is 15.9 Å². The molecule has 1 aromatic heterocycles. The van der Waals surface area contributed by atoms with Crippen molar-refractivity contribution < 1.29 is 31.8 Å². The van der Waals surface area contributed by atoms with Crippen molar-refractivity contribution in [3.05, 3.63) is 54.4 Å². The fourth-order valence-corrected chi connectivity index (χ4v) is 5.41. The smallest absolute Gasteiger partial charge is 0.309 e. The Morgan fingerprint density at radius 1 is 1.00 bits per heavy atom. The van der Waals surface area contributed by atoms with Gasteiger partial charge in [0.1, 0.15) is 13.2 Å². The Morgan fingerprint density at radius 2 is 1.74 bits per heavy atom. The van der Waals surface area contributed by atoms with Crippen molar-refractivity contribution in [2.75, 3.05) is 26.3 Å². The molecule has 0 amide bonds. The third kappa shape index (κ3) is 4.62. The average molecular weight is 486 g/mol. The lowest BCUT2D eigenvalue weighted by Crippen LogP contribution is -2.40. The molecule has 2 aliphatic rings. The summed E-state index contributed by atoms with van der Waals surface area (Å²) >= 11 is 0. The molecule has 0 atom stereocenters.